The molecule has 2 aromatic rings. The quantitative estimate of drug-likeness (QED) is 0.815. The zero-order valence-electron chi connectivity index (χ0n) is 12.3. The summed E-state index contributed by atoms with van der Waals surface area (Å²) in [6, 6.07) is 0. The van der Waals surface area contributed by atoms with Gasteiger partial charge in [-0.15, -0.1) is 0 Å². The summed E-state index contributed by atoms with van der Waals surface area (Å²) in [7, 11) is 0. The number of rotatable bonds is 3. The second-order valence-electron chi connectivity index (χ2n) is 5.25. The van der Waals surface area contributed by atoms with E-state index in [1.807, 2.05) is 4.57 Å². The van der Waals surface area contributed by atoms with E-state index in [4.69, 9.17) is 16.3 Å². The first-order valence-corrected chi connectivity index (χ1v) is 7.60. The molecule has 0 amide bonds. The molecule has 7 heteroatoms. The second-order valence-corrected chi connectivity index (χ2v) is 5.74. The summed E-state index contributed by atoms with van der Waals surface area (Å²) >= 11 is 6.28. The fourth-order valence-corrected chi connectivity index (χ4v) is 3.58. The van der Waals surface area contributed by atoms with Crippen LogP contribution in [0.25, 0.3) is 11.2 Å². The Bertz CT molecular complexity index is 605. The Morgan fingerprint density at radius 1 is 1.38 bits per heavy atom. The molecule has 0 radical (unpaired) electrons. The van der Waals surface area contributed by atoms with Crippen molar-refractivity contribution in [1.29, 1.82) is 0 Å². The van der Waals surface area contributed by atoms with Crippen LogP contribution in [0.2, 0.25) is 0 Å². The zero-order valence-corrected chi connectivity index (χ0v) is 13.0. The van der Waals surface area contributed by atoms with Gasteiger partial charge in [0.05, 0.1) is 12.5 Å². The molecule has 2 N–H and O–H groups in total. The van der Waals surface area contributed by atoms with E-state index in [1.165, 1.54) is 0 Å². The molecule has 0 bridgehead atoms. The van der Waals surface area contributed by atoms with Crippen LogP contribution in [0.3, 0.4) is 0 Å². The fourth-order valence-electron chi connectivity index (χ4n) is 3.30. The molecule has 3 unspecified atom stereocenters. The van der Waals surface area contributed by atoms with Crippen molar-refractivity contribution in [3.8, 4) is 0 Å². The summed E-state index contributed by atoms with van der Waals surface area (Å²) in [5.41, 5.74) is 0.890. The minimum absolute atomic E-state index is 0. The first kappa shape index (κ1) is 16.1. The Balaban J connectivity index is 0.00000161. The minimum atomic E-state index is -0.456. The Kier molecular flexibility index (Phi) is 4.81. The lowest BCUT2D eigenvalue weighted by atomic mass is 9.84. The molecule has 2 aromatic heterocycles. The highest BCUT2D eigenvalue weighted by atomic mass is 35.5. The molecule has 3 heterocycles. The molecule has 116 valence electrons. The summed E-state index contributed by atoms with van der Waals surface area (Å²) in [5, 5.41) is 0. The molecule has 1 aliphatic heterocycles. The van der Waals surface area contributed by atoms with Gasteiger partial charge in [-0.2, -0.15) is 0 Å². The van der Waals surface area contributed by atoms with E-state index in [0.717, 1.165) is 36.8 Å². The van der Waals surface area contributed by atoms with Crippen molar-refractivity contribution in [1.82, 2.24) is 19.5 Å². The summed E-state index contributed by atoms with van der Waals surface area (Å²) in [5.74, 6) is 0.412. The van der Waals surface area contributed by atoms with E-state index >= 15 is 0 Å². The molecule has 1 fully saturated rings. The number of hydrogen-bond donors (Lipinski definition) is 0. The van der Waals surface area contributed by atoms with E-state index in [1.54, 1.807) is 18.9 Å². The van der Waals surface area contributed by atoms with Crippen LogP contribution >= 0.6 is 11.6 Å². The smallest absolute Gasteiger partial charge is 0.165 e. The third-order valence-electron chi connectivity index (χ3n) is 4.33. The molecule has 1 aliphatic rings. The number of imidazole rings is 1. The maximum absolute atomic E-state index is 6.28. The normalized spacial score (nSPS) is 29.3. The largest absolute Gasteiger partial charge is 0.412 e. The maximum Gasteiger partial charge on any atom is 0.165 e. The van der Waals surface area contributed by atoms with Crippen LogP contribution in [-0.4, -0.2) is 30.6 Å². The lowest BCUT2D eigenvalue weighted by Crippen LogP contribution is -2.48. The number of halogens is 1. The monoisotopic (exact) mass is 312 g/mol. The van der Waals surface area contributed by atoms with E-state index < -0.39 is 5.72 Å². The van der Waals surface area contributed by atoms with Crippen molar-refractivity contribution in [3.63, 3.8) is 0 Å². The molecular formula is C14H21ClN4O2. The van der Waals surface area contributed by atoms with Crippen LogP contribution in [-0.2, 0) is 10.5 Å². The lowest BCUT2D eigenvalue weighted by Gasteiger charge is -2.45. The van der Waals surface area contributed by atoms with Gasteiger partial charge in [-0.3, -0.25) is 4.57 Å². The standard InChI is InChI=1S/C14H19ClN4O.H2O/c1-3-10-5-6-12(15)20-14(10,4-2)19-9-18-11-7-16-8-17-13(11)19;/h7-10,12H,3-6H2,1-2H3;1H2. The lowest BCUT2D eigenvalue weighted by molar-refractivity contribution is -0.192. The van der Waals surface area contributed by atoms with Crippen molar-refractivity contribution in [3.05, 3.63) is 18.9 Å². The summed E-state index contributed by atoms with van der Waals surface area (Å²) < 4.78 is 8.26. The van der Waals surface area contributed by atoms with Gasteiger partial charge in [-0.1, -0.05) is 25.4 Å². The van der Waals surface area contributed by atoms with Crippen LogP contribution in [0.1, 0.15) is 39.5 Å². The summed E-state index contributed by atoms with van der Waals surface area (Å²) in [6.45, 7) is 4.33. The Morgan fingerprint density at radius 2 is 2.19 bits per heavy atom. The zero-order chi connectivity index (χ0) is 14.2. The molecule has 6 nitrogen and oxygen atoms in total. The van der Waals surface area contributed by atoms with E-state index in [-0.39, 0.29) is 11.0 Å². The van der Waals surface area contributed by atoms with Gasteiger partial charge in [0.2, 0.25) is 0 Å². The van der Waals surface area contributed by atoms with Gasteiger partial charge < -0.3 is 10.2 Å². The highest BCUT2D eigenvalue weighted by Gasteiger charge is 2.45. The molecule has 3 rings (SSSR count). The number of nitrogens with zero attached hydrogens (tertiary/aromatic N) is 4. The second kappa shape index (κ2) is 6.25. The van der Waals surface area contributed by atoms with Crippen molar-refractivity contribution in [2.45, 2.75) is 50.8 Å². The third-order valence-corrected chi connectivity index (χ3v) is 4.64. The summed E-state index contributed by atoms with van der Waals surface area (Å²) in [4.78, 5) is 12.8. The molecule has 0 spiro atoms. The van der Waals surface area contributed by atoms with Crippen LogP contribution in [0.5, 0.6) is 0 Å². The van der Waals surface area contributed by atoms with Crippen molar-refractivity contribution in [2.24, 2.45) is 5.92 Å². The average molecular weight is 313 g/mol. The molecule has 3 atom stereocenters. The first-order valence-electron chi connectivity index (χ1n) is 7.16. The van der Waals surface area contributed by atoms with E-state index in [2.05, 4.69) is 28.8 Å². The van der Waals surface area contributed by atoms with E-state index in [9.17, 15) is 0 Å². The number of hydrogen-bond acceptors (Lipinski definition) is 4. The predicted molar refractivity (Wildman–Crippen MR) is 80.9 cm³/mol. The average Bonchev–Trinajstić information content (AvgIpc) is 2.91. The molecular weight excluding hydrogens is 292 g/mol. The molecule has 0 saturated carbocycles. The van der Waals surface area contributed by atoms with Crippen LogP contribution < -0.4 is 0 Å². The summed E-state index contributed by atoms with van der Waals surface area (Å²) in [6.07, 6.45) is 8.91. The number of fused-ring (bicyclic) bond motifs is 1. The Labute approximate surface area is 128 Å². The maximum atomic E-state index is 6.28. The molecule has 1 saturated heterocycles. The number of aromatic nitrogens is 4. The van der Waals surface area contributed by atoms with Crippen LogP contribution in [0.4, 0.5) is 0 Å². The Morgan fingerprint density at radius 3 is 2.90 bits per heavy atom. The van der Waals surface area contributed by atoms with Gasteiger partial charge >= 0.3 is 0 Å². The minimum Gasteiger partial charge on any atom is -0.412 e. The van der Waals surface area contributed by atoms with Gasteiger partial charge in [0, 0.05) is 5.92 Å². The third kappa shape index (κ3) is 2.52. The van der Waals surface area contributed by atoms with Gasteiger partial charge in [0.1, 0.15) is 17.4 Å². The predicted octanol–water partition coefficient (Wildman–Crippen LogP) is 2.47. The number of ether oxygens (including phenoxy) is 1. The molecule has 0 aliphatic carbocycles. The van der Waals surface area contributed by atoms with Crippen molar-refractivity contribution < 1.29 is 10.2 Å². The van der Waals surface area contributed by atoms with Crippen LogP contribution in [0, 0.1) is 5.92 Å². The SMILES string of the molecule is CCC1CCC(Cl)OC1(CC)n1cnc2cncnc21.O. The Hall–Kier alpha value is -1.24. The van der Waals surface area contributed by atoms with Gasteiger partial charge in [0.15, 0.2) is 11.4 Å². The van der Waals surface area contributed by atoms with Gasteiger partial charge in [-0.25, -0.2) is 15.0 Å². The van der Waals surface area contributed by atoms with Crippen molar-refractivity contribution >= 4 is 22.8 Å². The van der Waals surface area contributed by atoms with Gasteiger partial charge in [-0.05, 0) is 25.7 Å². The van der Waals surface area contributed by atoms with Gasteiger partial charge in [0.25, 0.3) is 0 Å². The van der Waals surface area contributed by atoms with E-state index in [0.29, 0.717) is 5.92 Å². The van der Waals surface area contributed by atoms with Crippen LogP contribution in [0.15, 0.2) is 18.9 Å². The first-order chi connectivity index (χ1) is 9.71. The highest BCUT2D eigenvalue weighted by molar-refractivity contribution is 6.19. The molecule has 0 aromatic carbocycles. The van der Waals surface area contributed by atoms with Crippen molar-refractivity contribution in [2.75, 3.05) is 0 Å². The topological polar surface area (TPSA) is 84.3 Å². The fraction of sp³-hybridized carbons (Fsp3) is 0.643. The number of alkyl halides is 1. The molecule has 21 heavy (non-hydrogen) atoms. The highest BCUT2D eigenvalue weighted by Crippen LogP contribution is 2.44.